The summed E-state index contributed by atoms with van der Waals surface area (Å²) in [5, 5.41) is 7.23. The van der Waals surface area contributed by atoms with Gasteiger partial charge in [0.25, 0.3) is 0 Å². The molecular formula is C9H12N6. The van der Waals surface area contributed by atoms with E-state index in [9.17, 15) is 0 Å². The molecular weight excluding hydrogens is 192 g/mol. The first-order chi connectivity index (χ1) is 7.31. The molecule has 0 saturated heterocycles. The average Bonchev–Trinajstić information content (AvgIpc) is 2.62. The summed E-state index contributed by atoms with van der Waals surface area (Å²) in [5.74, 6) is 1.52. The van der Waals surface area contributed by atoms with Gasteiger partial charge in [0.05, 0.1) is 12.4 Å². The number of hydrogen-bond acceptors (Lipinski definition) is 5. The molecule has 0 unspecified atom stereocenters. The second-order valence-electron chi connectivity index (χ2n) is 3.06. The molecule has 0 bridgehead atoms. The quantitative estimate of drug-likeness (QED) is 0.756. The molecule has 6 nitrogen and oxygen atoms in total. The second kappa shape index (κ2) is 4.05. The molecule has 0 aliphatic heterocycles. The predicted octanol–water partition coefficient (Wildman–Crippen LogP) is 0.412. The Labute approximate surface area is 87.2 Å². The molecule has 0 spiro atoms. The summed E-state index contributed by atoms with van der Waals surface area (Å²) in [5.41, 5.74) is 6.54. The van der Waals surface area contributed by atoms with Gasteiger partial charge in [-0.15, -0.1) is 0 Å². The second-order valence-corrected chi connectivity index (χ2v) is 3.06. The summed E-state index contributed by atoms with van der Waals surface area (Å²) >= 11 is 0. The third kappa shape index (κ3) is 1.94. The van der Waals surface area contributed by atoms with Gasteiger partial charge >= 0.3 is 0 Å². The first kappa shape index (κ1) is 9.60. The summed E-state index contributed by atoms with van der Waals surface area (Å²) in [4.78, 5) is 8.08. The zero-order chi connectivity index (χ0) is 10.7. The Morgan fingerprint density at radius 1 is 1.40 bits per heavy atom. The molecule has 0 saturated carbocycles. The van der Waals surface area contributed by atoms with Gasteiger partial charge in [0.1, 0.15) is 11.6 Å². The number of nitrogens with two attached hydrogens (primary N) is 1. The third-order valence-electron chi connectivity index (χ3n) is 2.04. The Balaban J connectivity index is 2.27. The van der Waals surface area contributed by atoms with E-state index in [1.54, 1.807) is 29.5 Å². The van der Waals surface area contributed by atoms with Crippen molar-refractivity contribution in [2.45, 2.75) is 6.54 Å². The van der Waals surface area contributed by atoms with Crippen LogP contribution in [-0.4, -0.2) is 19.7 Å². The molecule has 0 aliphatic carbocycles. The maximum atomic E-state index is 5.59. The van der Waals surface area contributed by atoms with Crippen LogP contribution in [0, 0.1) is 0 Å². The lowest BCUT2D eigenvalue weighted by molar-refractivity contribution is 0.775. The number of nitrogens with zero attached hydrogens (tertiary/aromatic N) is 4. The first-order valence-corrected chi connectivity index (χ1v) is 4.55. The van der Waals surface area contributed by atoms with Crippen LogP contribution in [0.4, 0.5) is 11.6 Å². The van der Waals surface area contributed by atoms with Gasteiger partial charge in [-0.25, -0.2) is 4.98 Å². The highest BCUT2D eigenvalue weighted by atomic mass is 15.3. The number of anilines is 2. The Kier molecular flexibility index (Phi) is 2.59. The fourth-order valence-electron chi connectivity index (χ4n) is 1.28. The van der Waals surface area contributed by atoms with Gasteiger partial charge in [0.15, 0.2) is 0 Å². The van der Waals surface area contributed by atoms with Crippen LogP contribution in [0.25, 0.3) is 0 Å². The van der Waals surface area contributed by atoms with Crippen LogP contribution >= 0.6 is 0 Å². The highest BCUT2D eigenvalue weighted by molar-refractivity contribution is 5.54. The van der Waals surface area contributed by atoms with E-state index < -0.39 is 0 Å². The summed E-state index contributed by atoms with van der Waals surface area (Å²) in [6, 6.07) is 0. The van der Waals surface area contributed by atoms with E-state index in [4.69, 9.17) is 5.73 Å². The fourth-order valence-corrected chi connectivity index (χ4v) is 1.28. The van der Waals surface area contributed by atoms with Gasteiger partial charge in [-0.05, 0) is 0 Å². The van der Waals surface area contributed by atoms with E-state index in [2.05, 4.69) is 20.4 Å². The van der Waals surface area contributed by atoms with E-state index in [-0.39, 0.29) is 0 Å². The van der Waals surface area contributed by atoms with Crippen LogP contribution in [0.5, 0.6) is 0 Å². The lowest BCUT2D eigenvalue weighted by atomic mass is 10.3. The summed E-state index contributed by atoms with van der Waals surface area (Å²) < 4.78 is 1.72. The maximum Gasteiger partial charge on any atom is 0.150 e. The van der Waals surface area contributed by atoms with Crippen molar-refractivity contribution in [3.8, 4) is 0 Å². The Hall–Kier alpha value is -1.95. The van der Waals surface area contributed by atoms with Gasteiger partial charge in [-0.2, -0.15) is 5.10 Å². The van der Waals surface area contributed by atoms with Crippen LogP contribution in [0.3, 0.4) is 0 Å². The first-order valence-electron chi connectivity index (χ1n) is 4.55. The topological polar surface area (TPSA) is 81.7 Å². The van der Waals surface area contributed by atoms with Crippen LogP contribution in [0.15, 0.2) is 24.8 Å². The predicted molar refractivity (Wildman–Crippen MR) is 56.4 cm³/mol. The van der Waals surface area contributed by atoms with Crippen molar-refractivity contribution < 1.29 is 0 Å². The van der Waals surface area contributed by atoms with Crippen molar-refractivity contribution in [1.82, 2.24) is 19.7 Å². The molecule has 0 fully saturated rings. The zero-order valence-corrected chi connectivity index (χ0v) is 8.38. The van der Waals surface area contributed by atoms with Crippen molar-refractivity contribution in [3.63, 3.8) is 0 Å². The van der Waals surface area contributed by atoms with E-state index >= 15 is 0 Å². The van der Waals surface area contributed by atoms with Crippen LogP contribution in [0.2, 0.25) is 0 Å². The van der Waals surface area contributed by atoms with Gasteiger partial charge in [-0.3, -0.25) is 9.67 Å². The van der Waals surface area contributed by atoms with Crippen molar-refractivity contribution >= 4 is 11.6 Å². The Morgan fingerprint density at radius 2 is 2.27 bits per heavy atom. The number of aromatic nitrogens is 4. The minimum absolute atomic E-state index is 0.441. The van der Waals surface area contributed by atoms with Gasteiger partial charge in [0, 0.05) is 31.5 Å². The van der Waals surface area contributed by atoms with Crippen molar-refractivity contribution in [3.05, 3.63) is 30.4 Å². The number of aryl methyl sites for hydroxylation is 1. The lowest BCUT2D eigenvalue weighted by Crippen LogP contribution is -2.05. The molecule has 0 aromatic carbocycles. The largest absolute Gasteiger partial charge is 0.326 e. The van der Waals surface area contributed by atoms with Crippen LogP contribution in [-0.2, 0) is 13.6 Å². The molecule has 3 N–H and O–H groups in total. The minimum Gasteiger partial charge on any atom is -0.326 e. The van der Waals surface area contributed by atoms with Crippen molar-refractivity contribution in [1.29, 1.82) is 0 Å². The molecule has 2 rings (SSSR count). The van der Waals surface area contributed by atoms with Gasteiger partial charge < -0.3 is 11.1 Å². The fraction of sp³-hybridized carbons (Fsp3) is 0.222. The lowest BCUT2D eigenvalue weighted by Gasteiger charge is -2.06. The highest BCUT2D eigenvalue weighted by Gasteiger charge is 2.07. The molecule has 0 radical (unpaired) electrons. The number of rotatable bonds is 3. The Bertz CT molecular complexity index is 435. The smallest absolute Gasteiger partial charge is 0.150 e. The van der Waals surface area contributed by atoms with E-state index in [0.717, 1.165) is 11.4 Å². The van der Waals surface area contributed by atoms with Gasteiger partial charge in [-0.1, -0.05) is 0 Å². The summed E-state index contributed by atoms with van der Waals surface area (Å²) in [7, 11) is 1.85. The molecule has 2 aromatic heterocycles. The standard InChI is InChI=1S/C9H12N6/c1-15-9(7(4-10)5-13-15)14-8-6-11-2-3-12-8/h2-3,5-6H,4,10H2,1H3,(H,12,14). The molecule has 15 heavy (non-hydrogen) atoms. The molecule has 78 valence electrons. The number of hydrogen-bond donors (Lipinski definition) is 2. The normalized spacial score (nSPS) is 10.3. The Morgan fingerprint density at radius 3 is 2.93 bits per heavy atom. The molecule has 2 aromatic rings. The van der Waals surface area contributed by atoms with Crippen molar-refractivity contribution in [2.24, 2.45) is 12.8 Å². The highest BCUT2D eigenvalue weighted by Crippen LogP contribution is 2.17. The molecule has 0 amide bonds. The van der Waals surface area contributed by atoms with Gasteiger partial charge in [0.2, 0.25) is 0 Å². The van der Waals surface area contributed by atoms with E-state index in [1.807, 2.05) is 7.05 Å². The maximum absolute atomic E-state index is 5.59. The SMILES string of the molecule is Cn1ncc(CN)c1Nc1cnccn1. The van der Waals surface area contributed by atoms with Crippen molar-refractivity contribution in [2.75, 3.05) is 5.32 Å². The molecule has 0 atom stereocenters. The molecule has 0 aliphatic rings. The zero-order valence-electron chi connectivity index (χ0n) is 8.38. The van der Waals surface area contributed by atoms with E-state index in [1.165, 1.54) is 0 Å². The monoisotopic (exact) mass is 204 g/mol. The molecule has 6 heteroatoms. The number of nitrogens with one attached hydrogen (secondary N) is 1. The van der Waals surface area contributed by atoms with E-state index in [0.29, 0.717) is 12.4 Å². The summed E-state index contributed by atoms with van der Waals surface area (Å²) in [6.07, 6.45) is 6.63. The average molecular weight is 204 g/mol. The van der Waals surface area contributed by atoms with Crippen LogP contribution < -0.4 is 11.1 Å². The third-order valence-corrected chi connectivity index (χ3v) is 2.04. The summed E-state index contributed by atoms with van der Waals surface area (Å²) in [6.45, 7) is 0.441. The van der Waals surface area contributed by atoms with Crippen LogP contribution in [0.1, 0.15) is 5.56 Å². The molecule has 2 heterocycles. The minimum atomic E-state index is 0.441.